The van der Waals surface area contributed by atoms with Gasteiger partial charge in [0, 0.05) is 6.42 Å². The number of rotatable bonds is 18. The number of carboxylic acid groups (broad SMARTS) is 1. The molecule has 2 nitrogen and oxygen atoms in total. The molecule has 0 aliphatic heterocycles. The Hall–Kier alpha value is -0.530. The Bertz CT molecular complexity index is 275. The van der Waals surface area contributed by atoms with Gasteiger partial charge in [-0.25, -0.2) is 0 Å². The first-order valence-corrected chi connectivity index (χ1v) is 10.8. The first-order chi connectivity index (χ1) is 11.6. The first kappa shape index (κ1) is 23.5. The molecule has 0 heterocycles. The molecule has 0 rings (SSSR count). The topological polar surface area (TPSA) is 37.3 Å². The highest BCUT2D eigenvalue weighted by Gasteiger charge is 2.15. The Balaban J connectivity index is 3.68. The summed E-state index contributed by atoms with van der Waals surface area (Å²) in [5, 5.41) is 8.64. The average molecular weight is 341 g/mol. The number of carboxylic acids is 1. The van der Waals surface area contributed by atoms with Gasteiger partial charge in [-0.3, -0.25) is 4.79 Å². The van der Waals surface area contributed by atoms with Gasteiger partial charge in [-0.2, -0.15) is 0 Å². The third-order valence-electron chi connectivity index (χ3n) is 5.59. The maximum atomic E-state index is 10.5. The second kappa shape index (κ2) is 17.3. The van der Waals surface area contributed by atoms with Crippen LogP contribution in [0.15, 0.2) is 0 Å². The van der Waals surface area contributed by atoms with Crippen molar-refractivity contribution in [3.05, 3.63) is 0 Å². The minimum Gasteiger partial charge on any atom is -0.481 e. The fraction of sp³-hybridized carbons (Fsp3) is 0.955. The van der Waals surface area contributed by atoms with Crippen LogP contribution in [-0.4, -0.2) is 11.1 Å². The van der Waals surface area contributed by atoms with Gasteiger partial charge in [0.2, 0.25) is 0 Å². The summed E-state index contributed by atoms with van der Waals surface area (Å²) >= 11 is 0. The quantitative estimate of drug-likeness (QED) is 0.261. The molecule has 0 radical (unpaired) electrons. The average Bonchev–Trinajstić information content (AvgIpc) is 2.57. The van der Waals surface area contributed by atoms with Crippen LogP contribution >= 0.6 is 0 Å². The number of aliphatic carboxylic acids is 1. The Kier molecular flexibility index (Phi) is 16.9. The largest absolute Gasteiger partial charge is 0.481 e. The molecule has 0 aliphatic carbocycles. The summed E-state index contributed by atoms with van der Waals surface area (Å²) in [6, 6.07) is 0. The van der Waals surface area contributed by atoms with Crippen molar-refractivity contribution in [1.82, 2.24) is 0 Å². The third-order valence-corrected chi connectivity index (χ3v) is 5.59. The molecule has 2 unspecified atom stereocenters. The standard InChI is InChI=1S/C22H44O2/c1-4-6-7-8-9-11-14-17-21(20(3)5-2)18-15-12-10-13-16-19-22(23)24/h20-21H,4-19H2,1-3H3,(H,23,24). The van der Waals surface area contributed by atoms with Crippen LogP contribution in [0.3, 0.4) is 0 Å². The Morgan fingerprint density at radius 3 is 1.67 bits per heavy atom. The molecule has 2 atom stereocenters. The van der Waals surface area contributed by atoms with E-state index in [0.717, 1.165) is 24.7 Å². The highest BCUT2D eigenvalue weighted by molar-refractivity contribution is 5.66. The summed E-state index contributed by atoms with van der Waals surface area (Å²) < 4.78 is 0. The smallest absolute Gasteiger partial charge is 0.303 e. The summed E-state index contributed by atoms with van der Waals surface area (Å²) in [6.07, 6.45) is 20.1. The molecule has 2 heteroatoms. The van der Waals surface area contributed by atoms with Crippen molar-refractivity contribution in [3.8, 4) is 0 Å². The van der Waals surface area contributed by atoms with E-state index in [0.29, 0.717) is 6.42 Å². The second-order valence-corrected chi connectivity index (χ2v) is 7.76. The molecule has 0 saturated carbocycles. The molecule has 0 amide bonds. The molecule has 0 spiro atoms. The molecule has 0 fully saturated rings. The molecule has 0 bridgehead atoms. The van der Waals surface area contributed by atoms with Gasteiger partial charge in [0.1, 0.15) is 0 Å². The molecule has 0 aromatic carbocycles. The SMILES string of the molecule is CCCCCCCCCC(CCCCCCCC(=O)O)C(C)CC. The zero-order valence-electron chi connectivity index (χ0n) is 16.8. The van der Waals surface area contributed by atoms with E-state index in [1.54, 1.807) is 0 Å². The van der Waals surface area contributed by atoms with Gasteiger partial charge >= 0.3 is 5.97 Å². The lowest BCUT2D eigenvalue weighted by molar-refractivity contribution is -0.137. The molecule has 0 aliphatic rings. The van der Waals surface area contributed by atoms with Crippen molar-refractivity contribution < 1.29 is 9.90 Å². The molecule has 0 aromatic heterocycles. The summed E-state index contributed by atoms with van der Waals surface area (Å²) in [6.45, 7) is 7.04. The van der Waals surface area contributed by atoms with E-state index >= 15 is 0 Å². The zero-order chi connectivity index (χ0) is 18.0. The fourth-order valence-electron chi connectivity index (χ4n) is 3.62. The van der Waals surface area contributed by atoms with Crippen molar-refractivity contribution in [1.29, 1.82) is 0 Å². The van der Waals surface area contributed by atoms with Crippen LogP contribution in [0.1, 0.15) is 124 Å². The molecule has 0 aromatic rings. The second-order valence-electron chi connectivity index (χ2n) is 7.76. The van der Waals surface area contributed by atoms with Crippen LogP contribution in [0.2, 0.25) is 0 Å². The minimum absolute atomic E-state index is 0.341. The van der Waals surface area contributed by atoms with Crippen LogP contribution in [0.4, 0.5) is 0 Å². The van der Waals surface area contributed by atoms with E-state index < -0.39 is 5.97 Å². The lowest BCUT2D eigenvalue weighted by Crippen LogP contribution is -2.11. The Morgan fingerprint density at radius 1 is 0.750 bits per heavy atom. The van der Waals surface area contributed by atoms with Crippen molar-refractivity contribution in [2.45, 2.75) is 124 Å². The predicted molar refractivity (Wildman–Crippen MR) is 106 cm³/mol. The van der Waals surface area contributed by atoms with E-state index in [1.807, 2.05) is 0 Å². The lowest BCUT2D eigenvalue weighted by Gasteiger charge is -2.23. The molecule has 0 saturated heterocycles. The maximum absolute atomic E-state index is 10.5. The Labute approximate surface area is 151 Å². The Morgan fingerprint density at radius 2 is 1.21 bits per heavy atom. The first-order valence-electron chi connectivity index (χ1n) is 10.8. The van der Waals surface area contributed by atoms with Crippen LogP contribution in [-0.2, 0) is 4.79 Å². The van der Waals surface area contributed by atoms with Crippen molar-refractivity contribution >= 4 is 5.97 Å². The lowest BCUT2D eigenvalue weighted by atomic mass is 9.83. The van der Waals surface area contributed by atoms with Crippen LogP contribution in [0.5, 0.6) is 0 Å². The summed E-state index contributed by atoms with van der Waals surface area (Å²) in [7, 11) is 0. The van der Waals surface area contributed by atoms with E-state index in [2.05, 4.69) is 20.8 Å². The molecular formula is C22H44O2. The van der Waals surface area contributed by atoms with E-state index in [4.69, 9.17) is 5.11 Å². The van der Waals surface area contributed by atoms with Crippen molar-refractivity contribution in [2.24, 2.45) is 11.8 Å². The maximum Gasteiger partial charge on any atom is 0.303 e. The molecule has 144 valence electrons. The van der Waals surface area contributed by atoms with Crippen LogP contribution in [0, 0.1) is 11.8 Å². The van der Waals surface area contributed by atoms with Gasteiger partial charge in [0.15, 0.2) is 0 Å². The molecule has 24 heavy (non-hydrogen) atoms. The van der Waals surface area contributed by atoms with Gasteiger partial charge in [-0.1, -0.05) is 111 Å². The van der Waals surface area contributed by atoms with Gasteiger partial charge in [0.05, 0.1) is 0 Å². The third kappa shape index (κ3) is 15.0. The summed E-state index contributed by atoms with van der Waals surface area (Å²) in [4.78, 5) is 10.5. The highest BCUT2D eigenvalue weighted by Crippen LogP contribution is 2.27. The molecule has 1 N–H and O–H groups in total. The van der Waals surface area contributed by atoms with E-state index in [-0.39, 0.29) is 0 Å². The number of unbranched alkanes of at least 4 members (excludes halogenated alkanes) is 10. The van der Waals surface area contributed by atoms with Gasteiger partial charge in [-0.05, 0) is 18.3 Å². The summed E-state index contributed by atoms with van der Waals surface area (Å²) in [5.41, 5.74) is 0. The van der Waals surface area contributed by atoms with Crippen LogP contribution < -0.4 is 0 Å². The zero-order valence-corrected chi connectivity index (χ0v) is 16.8. The normalized spacial score (nSPS) is 13.8. The van der Waals surface area contributed by atoms with Gasteiger partial charge in [0.25, 0.3) is 0 Å². The predicted octanol–water partition coefficient (Wildman–Crippen LogP) is 7.60. The summed E-state index contributed by atoms with van der Waals surface area (Å²) in [5.74, 6) is 1.11. The fourth-order valence-corrected chi connectivity index (χ4v) is 3.62. The number of hydrogen-bond acceptors (Lipinski definition) is 1. The van der Waals surface area contributed by atoms with Crippen molar-refractivity contribution in [2.75, 3.05) is 0 Å². The highest BCUT2D eigenvalue weighted by atomic mass is 16.4. The monoisotopic (exact) mass is 340 g/mol. The van der Waals surface area contributed by atoms with E-state index in [1.165, 1.54) is 83.5 Å². The molecular weight excluding hydrogens is 296 g/mol. The van der Waals surface area contributed by atoms with Crippen LogP contribution in [0.25, 0.3) is 0 Å². The van der Waals surface area contributed by atoms with Gasteiger partial charge < -0.3 is 5.11 Å². The number of hydrogen-bond donors (Lipinski definition) is 1. The van der Waals surface area contributed by atoms with Gasteiger partial charge in [-0.15, -0.1) is 0 Å². The van der Waals surface area contributed by atoms with Crippen molar-refractivity contribution in [3.63, 3.8) is 0 Å². The van der Waals surface area contributed by atoms with E-state index in [9.17, 15) is 4.79 Å². The minimum atomic E-state index is -0.651. The number of carbonyl (C=O) groups is 1.